The molecule has 1 aliphatic rings. The Hall–Kier alpha value is -0.710. The number of rotatable bonds is 1. The summed E-state index contributed by atoms with van der Waals surface area (Å²) >= 11 is 0. The second-order valence-electron chi connectivity index (χ2n) is 2.09. The molecule has 1 saturated heterocycles. The van der Waals surface area contributed by atoms with Gasteiger partial charge in [-0.15, -0.1) is 0 Å². The average Bonchev–Trinajstić information content (AvgIpc) is 2.36. The topological polar surface area (TPSA) is 49.3 Å². The summed E-state index contributed by atoms with van der Waals surface area (Å²) in [6.45, 7) is -0.174. The highest BCUT2D eigenvalue weighted by atomic mass is 19.1. The minimum atomic E-state index is -1.41. The summed E-state index contributed by atoms with van der Waals surface area (Å²) < 4.78 is 21.7. The normalized spacial score (nSPS) is 28.9. The molecule has 0 spiro atoms. The molecule has 0 aromatic carbocycles. The van der Waals surface area contributed by atoms with Gasteiger partial charge in [0.2, 0.25) is 0 Å². The molecule has 2 atom stereocenters. The van der Waals surface area contributed by atoms with Crippen molar-refractivity contribution < 1.29 is 18.7 Å². The maximum atomic E-state index is 12.2. The summed E-state index contributed by atoms with van der Waals surface area (Å²) in [7, 11) is 0.500. The van der Waals surface area contributed by atoms with Crippen molar-refractivity contribution in [3.05, 3.63) is 0 Å². The predicted molar refractivity (Wildman–Crippen MR) is 35.6 cm³/mol. The van der Waals surface area contributed by atoms with Crippen LogP contribution >= 0.6 is 0 Å². The molecule has 3 nitrogen and oxygen atoms in total. The highest BCUT2D eigenvalue weighted by molar-refractivity contribution is 5.83. The quantitative estimate of drug-likeness (QED) is 0.567. The number of amides is 1. The number of halogens is 2. The van der Waals surface area contributed by atoms with E-state index in [1.165, 1.54) is 0 Å². The van der Waals surface area contributed by atoms with Crippen molar-refractivity contribution in [3.8, 4) is 0 Å². The van der Waals surface area contributed by atoms with Gasteiger partial charge >= 0.3 is 0 Å². The van der Waals surface area contributed by atoms with Crippen molar-refractivity contribution >= 4 is 5.91 Å². The third kappa shape index (κ3) is 2.80. The zero-order valence-electron chi connectivity index (χ0n) is 6.18. The lowest BCUT2D eigenvalue weighted by molar-refractivity contribution is -0.123. The fourth-order valence-electron chi connectivity index (χ4n) is 0.828. The van der Waals surface area contributed by atoms with E-state index in [1.54, 1.807) is 0 Å². The second kappa shape index (κ2) is 5.01. The van der Waals surface area contributed by atoms with Gasteiger partial charge in [-0.05, 0) is 0 Å². The van der Waals surface area contributed by atoms with Gasteiger partial charge in [-0.2, -0.15) is 0 Å². The maximum absolute atomic E-state index is 12.2. The molecular formula is C6H11F2NO2. The van der Waals surface area contributed by atoms with Crippen LogP contribution in [0.1, 0.15) is 6.42 Å². The minimum Gasteiger partial charge on any atom is -0.394 e. The van der Waals surface area contributed by atoms with Crippen molar-refractivity contribution in [2.45, 2.75) is 18.6 Å². The van der Waals surface area contributed by atoms with Gasteiger partial charge in [-0.1, -0.05) is 0 Å². The first-order valence-electron chi connectivity index (χ1n) is 3.17. The molecule has 0 aliphatic carbocycles. The number of alkyl halides is 2. The first-order chi connectivity index (χ1) is 5.24. The molecule has 0 bridgehead atoms. The van der Waals surface area contributed by atoms with E-state index < -0.39 is 12.1 Å². The summed E-state index contributed by atoms with van der Waals surface area (Å²) in [5.41, 5.74) is 0. The molecule has 5 heteroatoms. The fourth-order valence-corrected chi connectivity index (χ4v) is 0.828. The van der Waals surface area contributed by atoms with Crippen molar-refractivity contribution in [1.29, 1.82) is 0 Å². The van der Waals surface area contributed by atoms with Crippen molar-refractivity contribution in [3.63, 3.8) is 0 Å². The number of aliphatic hydroxyl groups excluding tert-OH is 1. The highest BCUT2D eigenvalue weighted by Gasteiger charge is 2.30. The lowest BCUT2D eigenvalue weighted by Gasteiger charge is -2.01. The van der Waals surface area contributed by atoms with Gasteiger partial charge in [-0.25, -0.2) is 4.39 Å². The van der Waals surface area contributed by atoms with Crippen molar-refractivity contribution in [2.24, 2.45) is 0 Å². The van der Waals surface area contributed by atoms with Crippen molar-refractivity contribution in [2.75, 3.05) is 13.8 Å². The van der Waals surface area contributed by atoms with Crippen LogP contribution in [0.3, 0.4) is 0 Å². The van der Waals surface area contributed by atoms with E-state index in [-0.39, 0.29) is 19.1 Å². The van der Waals surface area contributed by atoms with E-state index in [2.05, 4.69) is 5.32 Å². The number of carbonyl (C=O) groups excluding carboxylic acids is 1. The molecule has 2 N–H and O–H groups in total. The minimum absolute atomic E-state index is 0.106. The van der Waals surface area contributed by atoms with Crippen LogP contribution in [0.5, 0.6) is 0 Å². The molecule has 1 heterocycles. The molecule has 66 valence electrons. The monoisotopic (exact) mass is 167 g/mol. The molecule has 0 saturated carbocycles. The van der Waals surface area contributed by atoms with Gasteiger partial charge in [0.1, 0.15) is 0 Å². The molecule has 0 radical (unpaired) electrons. The van der Waals surface area contributed by atoms with E-state index in [0.29, 0.717) is 7.18 Å². The van der Waals surface area contributed by atoms with E-state index in [4.69, 9.17) is 5.11 Å². The van der Waals surface area contributed by atoms with E-state index in [9.17, 15) is 13.6 Å². The van der Waals surface area contributed by atoms with Gasteiger partial charge in [0.15, 0.2) is 6.17 Å². The second-order valence-corrected chi connectivity index (χ2v) is 2.09. The summed E-state index contributed by atoms with van der Waals surface area (Å²) in [4.78, 5) is 10.3. The Labute approximate surface area is 63.4 Å². The van der Waals surface area contributed by atoms with Gasteiger partial charge in [0, 0.05) is 6.42 Å². The van der Waals surface area contributed by atoms with Gasteiger partial charge in [0.05, 0.1) is 19.8 Å². The van der Waals surface area contributed by atoms with Crippen LogP contribution in [0.25, 0.3) is 0 Å². The Morgan fingerprint density at radius 3 is 2.45 bits per heavy atom. The Kier molecular flexibility index (Phi) is 4.69. The van der Waals surface area contributed by atoms with Crippen LogP contribution < -0.4 is 5.32 Å². The van der Waals surface area contributed by atoms with E-state index >= 15 is 0 Å². The number of aliphatic hydroxyl groups is 1. The van der Waals surface area contributed by atoms with Gasteiger partial charge in [-0.3, -0.25) is 9.18 Å². The largest absolute Gasteiger partial charge is 0.394 e. The molecule has 0 aromatic rings. The molecule has 2 unspecified atom stereocenters. The first kappa shape index (κ1) is 10.3. The standard InChI is InChI=1S/C5H8FNO2.CH3F/c6-4-1-3(2-8)7-5(4)9;1-2/h3-4,8H,1-2H2,(H,7,9);1H3. The molecule has 1 aliphatic heterocycles. The molecule has 1 fully saturated rings. The van der Waals surface area contributed by atoms with Gasteiger partial charge < -0.3 is 10.4 Å². The number of hydrogen-bond donors (Lipinski definition) is 2. The molecule has 1 rings (SSSR count). The number of carbonyl (C=O) groups is 1. The van der Waals surface area contributed by atoms with E-state index in [1.807, 2.05) is 0 Å². The SMILES string of the molecule is CF.O=C1NC(CO)CC1F. The zero-order valence-corrected chi connectivity index (χ0v) is 6.18. The Morgan fingerprint density at radius 1 is 1.73 bits per heavy atom. The molecule has 11 heavy (non-hydrogen) atoms. The number of nitrogens with one attached hydrogen (secondary N) is 1. The Bertz CT molecular complexity index is 132. The third-order valence-electron chi connectivity index (χ3n) is 1.34. The maximum Gasteiger partial charge on any atom is 0.254 e. The Morgan fingerprint density at radius 2 is 2.27 bits per heavy atom. The summed E-state index contributed by atoms with van der Waals surface area (Å²) in [5.74, 6) is -0.603. The molecule has 1 amide bonds. The lowest BCUT2D eigenvalue weighted by atomic mass is 10.2. The van der Waals surface area contributed by atoms with Crippen LogP contribution in [0.15, 0.2) is 0 Å². The Balaban J connectivity index is 0.000000461. The average molecular weight is 167 g/mol. The number of hydrogen-bond acceptors (Lipinski definition) is 2. The smallest absolute Gasteiger partial charge is 0.254 e. The van der Waals surface area contributed by atoms with Crippen molar-refractivity contribution in [1.82, 2.24) is 5.32 Å². The van der Waals surface area contributed by atoms with Crippen LogP contribution in [-0.4, -0.2) is 37.0 Å². The van der Waals surface area contributed by atoms with Crippen LogP contribution in [-0.2, 0) is 4.79 Å². The predicted octanol–water partition coefficient (Wildman–Crippen LogP) is -0.209. The third-order valence-corrected chi connectivity index (χ3v) is 1.34. The summed E-state index contributed by atoms with van der Waals surface area (Å²) in [6.07, 6.45) is -1.31. The fraction of sp³-hybridized carbons (Fsp3) is 0.833. The summed E-state index contributed by atoms with van der Waals surface area (Å²) in [6, 6.07) is -0.368. The molecular weight excluding hydrogens is 156 g/mol. The van der Waals surface area contributed by atoms with Crippen LogP contribution in [0, 0.1) is 0 Å². The van der Waals surface area contributed by atoms with Gasteiger partial charge in [0.25, 0.3) is 5.91 Å². The van der Waals surface area contributed by atoms with E-state index in [0.717, 1.165) is 0 Å². The summed E-state index contributed by atoms with van der Waals surface area (Å²) in [5, 5.41) is 10.7. The first-order valence-corrected chi connectivity index (χ1v) is 3.17. The zero-order chi connectivity index (χ0) is 8.85. The highest BCUT2D eigenvalue weighted by Crippen LogP contribution is 2.09. The molecule has 0 aromatic heterocycles. The lowest BCUT2D eigenvalue weighted by Crippen LogP contribution is -2.29. The van der Waals surface area contributed by atoms with Crippen LogP contribution in [0.4, 0.5) is 8.78 Å². The van der Waals surface area contributed by atoms with Crippen LogP contribution in [0.2, 0.25) is 0 Å².